The molecule has 0 aliphatic heterocycles. The highest BCUT2D eigenvalue weighted by Gasteiger charge is 2.10. The lowest BCUT2D eigenvalue weighted by atomic mass is 10.0. The van der Waals surface area contributed by atoms with Crippen LogP contribution in [0.4, 0.5) is 5.69 Å². The number of hydrogen-bond donors (Lipinski definition) is 3. The van der Waals surface area contributed by atoms with Crippen LogP contribution in [0.2, 0.25) is 0 Å². The van der Waals surface area contributed by atoms with Gasteiger partial charge in [-0.05, 0) is 34.9 Å². The summed E-state index contributed by atoms with van der Waals surface area (Å²) >= 11 is 4.23. The van der Waals surface area contributed by atoms with Crippen LogP contribution in [-0.2, 0) is 6.42 Å². The lowest BCUT2D eigenvalue weighted by Crippen LogP contribution is -2.31. The normalized spacial score (nSPS) is 12.1. The third-order valence-corrected chi connectivity index (χ3v) is 4.86. The van der Waals surface area contributed by atoms with Crippen LogP contribution in [0.1, 0.15) is 11.1 Å². The predicted molar refractivity (Wildman–Crippen MR) is 112 cm³/mol. The van der Waals surface area contributed by atoms with Gasteiger partial charge in [0.15, 0.2) is 0 Å². The van der Waals surface area contributed by atoms with Crippen molar-refractivity contribution in [1.82, 2.24) is 4.98 Å². The van der Waals surface area contributed by atoms with E-state index in [1.54, 1.807) is 6.20 Å². The van der Waals surface area contributed by atoms with Gasteiger partial charge in [0.05, 0.1) is 6.61 Å². The molecule has 1 heterocycles. The van der Waals surface area contributed by atoms with Gasteiger partial charge in [-0.2, -0.15) is 12.6 Å². The van der Waals surface area contributed by atoms with Crippen molar-refractivity contribution in [2.24, 2.45) is 5.73 Å². The number of aromatic nitrogens is 1. The van der Waals surface area contributed by atoms with Gasteiger partial charge in [0.25, 0.3) is 0 Å². The number of rotatable bonds is 8. The van der Waals surface area contributed by atoms with Gasteiger partial charge >= 0.3 is 0 Å². The topological polar surface area (TPSA) is 60.2 Å². The van der Waals surface area contributed by atoms with E-state index in [0.717, 1.165) is 17.7 Å². The summed E-state index contributed by atoms with van der Waals surface area (Å²) < 4.78 is 6.00. The SMILES string of the molecule is Cc1ccnc(OCCc2cccc3ccccc23)c1NCC(N)CS. The van der Waals surface area contributed by atoms with Gasteiger partial charge in [-0.1, -0.05) is 42.5 Å². The van der Waals surface area contributed by atoms with E-state index in [2.05, 4.69) is 65.4 Å². The Kier molecular flexibility index (Phi) is 6.36. The third kappa shape index (κ3) is 4.48. The molecule has 4 nitrogen and oxygen atoms in total. The fourth-order valence-corrected chi connectivity index (χ4v) is 3.05. The van der Waals surface area contributed by atoms with Crippen LogP contribution in [0, 0.1) is 6.92 Å². The highest BCUT2D eigenvalue weighted by molar-refractivity contribution is 7.80. The molecule has 3 N–H and O–H groups in total. The number of nitrogens with two attached hydrogens (primary N) is 1. The van der Waals surface area contributed by atoms with Gasteiger partial charge in [0.1, 0.15) is 5.69 Å². The number of ether oxygens (including phenoxy) is 1. The molecule has 2 aromatic carbocycles. The van der Waals surface area contributed by atoms with Crippen molar-refractivity contribution in [3.8, 4) is 5.88 Å². The summed E-state index contributed by atoms with van der Waals surface area (Å²) in [5, 5.41) is 5.87. The van der Waals surface area contributed by atoms with Crippen molar-refractivity contribution in [1.29, 1.82) is 0 Å². The number of benzene rings is 2. The number of aryl methyl sites for hydroxylation is 1. The summed E-state index contributed by atoms with van der Waals surface area (Å²) in [5.74, 6) is 1.25. The van der Waals surface area contributed by atoms with E-state index >= 15 is 0 Å². The first kappa shape index (κ1) is 18.5. The second-order valence-corrected chi connectivity index (χ2v) is 6.73. The Morgan fingerprint density at radius 1 is 1.15 bits per heavy atom. The molecule has 5 heteroatoms. The van der Waals surface area contributed by atoms with Crippen molar-refractivity contribution >= 4 is 29.1 Å². The maximum absolute atomic E-state index is 6.00. The molecule has 3 aromatic rings. The summed E-state index contributed by atoms with van der Waals surface area (Å²) in [6, 6.07) is 16.8. The van der Waals surface area contributed by atoms with E-state index in [0.29, 0.717) is 24.8 Å². The smallest absolute Gasteiger partial charge is 0.237 e. The number of hydrogen-bond acceptors (Lipinski definition) is 5. The molecular weight excluding hydrogens is 342 g/mol. The van der Waals surface area contributed by atoms with E-state index in [4.69, 9.17) is 10.5 Å². The number of anilines is 1. The number of thiol groups is 1. The summed E-state index contributed by atoms with van der Waals surface area (Å²) in [5.41, 5.74) is 9.22. The molecule has 0 saturated carbocycles. The summed E-state index contributed by atoms with van der Waals surface area (Å²) in [7, 11) is 0. The Morgan fingerprint density at radius 3 is 2.81 bits per heavy atom. The van der Waals surface area contributed by atoms with Crippen molar-refractivity contribution < 1.29 is 4.74 Å². The van der Waals surface area contributed by atoms with Crippen LogP contribution in [0.3, 0.4) is 0 Å². The minimum Gasteiger partial charge on any atom is -0.476 e. The zero-order valence-corrected chi connectivity index (χ0v) is 15.9. The number of nitrogens with zero attached hydrogens (tertiary/aromatic N) is 1. The second kappa shape index (κ2) is 8.92. The molecule has 3 rings (SSSR count). The van der Waals surface area contributed by atoms with E-state index in [9.17, 15) is 0 Å². The number of fused-ring (bicyclic) bond motifs is 1. The van der Waals surface area contributed by atoms with Crippen LogP contribution in [0.5, 0.6) is 5.88 Å². The average molecular weight is 368 g/mol. The van der Waals surface area contributed by atoms with Crippen LogP contribution in [0.15, 0.2) is 54.7 Å². The first-order valence-corrected chi connectivity index (χ1v) is 9.47. The zero-order chi connectivity index (χ0) is 18.4. The molecule has 0 aliphatic carbocycles. The highest BCUT2D eigenvalue weighted by Crippen LogP contribution is 2.26. The predicted octanol–water partition coefficient (Wildman–Crippen LogP) is 3.83. The summed E-state index contributed by atoms with van der Waals surface area (Å²) in [6.45, 7) is 3.24. The van der Waals surface area contributed by atoms with Gasteiger partial charge in [-0.3, -0.25) is 0 Å². The summed E-state index contributed by atoms with van der Waals surface area (Å²) in [4.78, 5) is 4.39. The number of pyridine rings is 1. The maximum Gasteiger partial charge on any atom is 0.237 e. The van der Waals surface area contributed by atoms with Gasteiger partial charge in [0, 0.05) is 31.0 Å². The molecule has 1 atom stereocenters. The Morgan fingerprint density at radius 2 is 1.96 bits per heavy atom. The lowest BCUT2D eigenvalue weighted by molar-refractivity contribution is 0.311. The van der Waals surface area contributed by atoms with Gasteiger partial charge in [-0.15, -0.1) is 0 Å². The maximum atomic E-state index is 6.00. The first-order valence-electron chi connectivity index (χ1n) is 8.84. The van der Waals surface area contributed by atoms with Gasteiger partial charge < -0.3 is 15.8 Å². The van der Waals surface area contributed by atoms with Gasteiger partial charge in [-0.25, -0.2) is 4.98 Å². The Balaban J connectivity index is 1.68. The largest absolute Gasteiger partial charge is 0.476 e. The Labute approximate surface area is 160 Å². The quantitative estimate of drug-likeness (QED) is 0.530. The average Bonchev–Trinajstić information content (AvgIpc) is 2.67. The fraction of sp³-hybridized carbons (Fsp3) is 0.286. The molecule has 0 bridgehead atoms. The molecule has 0 radical (unpaired) electrons. The van der Waals surface area contributed by atoms with E-state index in [1.165, 1.54) is 16.3 Å². The van der Waals surface area contributed by atoms with Crippen LogP contribution >= 0.6 is 12.6 Å². The van der Waals surface area contributed by atoms with Crippen molar-refractivity contribution in [2.45, 2.75) is 19.4 Å². The molecule has 0 saturated heterocycles. The Bertz CT molecular complexity index is 864. The zero-order valence-electron chi connectivity index (χ0n) is 15.0. The third-order valence-electron chi connectivity index (χ3n) is 4.39. The molecule has 26 heavy (non-hydrogen) atoms. The minimum atomic E-state index is -0.0125. The molecule has 1 unspecified atom stereocenters. The number of nitrogens with one attached hydrogen (secondary N) is 1. The van der Waals surface area contributed by atoms with Gasteiger partial charge in [0.2, 0.25) is 5.88 Å². The molecular formula is C21H25N3OS. The minimum absolute atomic E-state index is 0.0125. The van der Waals surface area contributed by atoms with Crippen molar-refractivity contribution in [3.05, 3.63) is 65.9 Å². The molecule has 0 amide bonds. The Hall–Kier alpha value is -2.24. The fourth-order valence-electron chi connectivity index (χ4n) is 2.92. The molecule has 0 aliphatic rings. The van der Waals surface area contributed by atoms with E-state index in [1.807, 2.05) is 13.0 Å². The van der Waals surface area contributed by atoms with E-state index in [-0.39, 0.29) is 6.04 Å². The van der Waals surface area contributed by atoms with E-state index < -0.39 is 0 Å². The first-order chi connectivity index (χ1) is 12.7. The highest BCUT2D eigenvalue weighted by atomic mass is 32.1. The lowest BCUT2D eigenvalue weighted by Gasteiger charge is -2.16. The van der Waals surface area contributed by atoms with Crippen LogP contribution in [-0.4, -0.2) is 29.9 Å². The summed E-state index contributed by atoms with van der Waals surface area (Å²) in [6.07, 6.45) is 2.60. The second-order valence-electron chi connectivity index (χ2n) is 6.37. The molecule has 0 spiro atoms. The molecule has 0 fully saturated rings. The van der Waals surface area contributed by atoms with Crippen LogP contribution < -0.4 is 15.8 Å². The van der Waals surface area contributed by atoms with Crippen molar-refractivity contribution in [3.63, 3.8) is 0 Å². The van der Waals surface area contributed by atoms with Crippen molar-refractivity contribution in [2.75, 3.05) is 24.2 Å². The monoisotopic (exact) mass is 367 g/mol. The van der Waals surface area contributed by atoms with Crippen LogP contribution in [0.25, 0.3) is 10.8 Å². The standard InChI is InChI=1S/C21H25N3OS/c1-15-9-11-23-21(20(15)24-13-18(22)14-26)25-12-10-17-7-4-6-16-5-2-3-8-19(16)17/h2-9,11,18,24,26H,10,12-14,22H2,1H3. The molecule has 136 valence electrons. The molecule has 1 aromatic heterocycles.